The first-order valence-corrected chi connectivity index (χ1v) is 6.85. The summed E-state index contributed by atoms with van der Waals surface area (Å²) in [4.78, 5) is 12.3. The van der Waals surface area contributed by atoms with E-state index in [0.717, 1.165) is 22.6 Å². The number of aryl methyl sites for hydroxylation is 2. The predicted octanol–water partition coefficient (Wildman–Crippen LogP) is 2.94. The maximum absolute atomic E-state index is 12.3. The van der Waals surface area contributed by atoms with E-state index in [2.05, 4.69) is 10.4 Å². The lowest BCUT2D eigenvalue weighted by molar-refractivity contribution is 0.0942. The van der Waals surface area contributed by atoms with Crippen molar-refractivity contribution in [2.45, 2.75) is 40.7 Å². The summed E-state index contributed by atoms with van der Waals surface area (Å²) < 4.78 is 1.85. The molecule has 0 radical (unpaired) electrons. The van der Waals surface area contributed by atoms with Crippen LogP contribution in [0.4, 0.5) is 0 Å². The Labute approximate surface area is 119 Å². The number of hydrogen-bond acceptors (Lipinski definition) is 2. The molecule has 1 amide bonds. The molecule has 0 bridgehead atoms. The predicted molar refractivity (Wildman–Crippen MR) is 80.4 cm³/mol. The van der Waals surface area contributed by atoms with E-state index in [1.165, 1.54) is 0 Å². The van der Waals surface area contributed by atoms with Crippen LogP contribution in [-0.2, 0) is 0 Å². The van der Waals surface area contributed by atoms with Crippen molar-refractivity contribution in [2.75, 3.05) is 0 Å². The lowest BCUT2D eigenvalue weighted by atomic mass is 10.1. The van der Waals surface area contributed by atoms with Gasteiger partial charge in [0.1, 0.15) is 0 Å². The summed E-state index contributed by atoms with van der Waals surface area (Å²) >= 11 is 0. The summed E-state index contributed by atoms with van der Waals surface area (Å²) in [6, 6.07) is 8.14. The molecule has 0 aliphatic heterocycles. The van der Waals surface area contributed by atoms with E-state index in [-0.39, 0.29) is 11.9 Å². The number of para-hydroxylation sites is 1. The highest BCUT2D eigenvalue weighted by Gasteiger charge is 2.20. The van der Waals surface area contributed by atoms with Gasteiger partial charge in [0.25, 0.3) is 5.91 Å². The normalized spacial score (nSPS) is 10.9. The van der Waals surface area contributed by atoms with Crippen molar-refractivity contribution >= 4 is 5.91 Å². The van der Waals surface area contributed by atoms with Crippen molar-refractivity contribution in [3.8, 4) is 5.69 Å². The third kappa shape index (κ3) is 2.59. The largest absolute Gasteiger partial charge is 0.350 e. The number of nitrogens with zero attached hydrogens (tertiary/aromatic N) is 2. The van der Waals surface area contributed by atoms with Gasteiger partial charge in [-0.3, -0.25) is 4.79 Å². The zero-order chi connectivity index (χ0) is 14.9. The zero-order valence-corrected chi connectivity index (χ0v) is 12.7. The Balaban J connectivity index is 2.49. The molecule has 0 unspecified atom stereocenters. The second-order valence-corrected chi connectivity index (χ2v) is 5.37. The quantitative estimate of drug-likeness (QED) is 0.933. The minimum atomic E-state index is -0.0603. The SMILES string of the molecule is Cc1ccccc1-n1nc(C)c(C(=O)NC(C)C)c1C. The van der Waals surface area contributed by atoms with Crippen LogP contribution in [0.25, 0.3) is 5.69 Å². The van der Waals surface area contributed by atoms with Crippen molar-refractivity contribution in [1.29, 1.82) is 0 Å². The van der Waals surface area contributed by atoms with Gasteiger partial charge < -0.3 is 5.32 Å². The maximum atomic E-state index is 12.3. The fourth-order valence-corrected chi connectivity index (χ4v) is 2.34. The van der Waals surface area contributed by atoms with E-state index in [1.807, 2.05) is 63.6 Å². The lowest BCUT2D eigenvalue weighted by Gasteiger charge is -2.10. The van der Waals surface area contributed by atoms with E-state index in [1.54, 1.807) is 0 Å². The average Bonchev–Trinajstić information content (AvgIpc) is 2.64. The highest BCUT2D eigenvalue weighted by Crippen LogP contribution is 2.20. The summed E-state index contributed by atoms with van der Waals surface area (Å²) in [6.45, 7) is 9.75. The molecule has 0 saturated carbocycles. The van der Waals surface area contributed by atoms with Gasteiger partial charge in [0, 0.05) is 6.04 Å². The molecular weight excluding hydrogens is 250 g/mol. The van der Waals surface area contributed by atoms with Gasteiger partial charge in [0.15, 0.2) is 0 Å². The average molecular weight is 271 g/mol. The number of rotatable bonds is 3. The Hall–Kier alpha value is -2.10. The van der Waals surface area contributed by atoms with Crippen LogP contribution in [-0.4, -0.2) is 21.7 Å². The molecule has 1 N–H and O–H groups in total. The second kappa shape index (κ2) is 5.49. The summed E-state index contributed by atoms with van der Waals surface area (Å²) in [5, 5.41) is 7.45. The monoisotopic (exact) mass is 271 g/mol. The Kier molecular flexibility index (Phi) is 3.93. The number of benzene rings is 1. The first-order valence-electron chi connectivity index (χ1n) is 6.85. The molecule has 1 aromatic carbocycles. The van der Waals surface area contributed by atoms with Crippen molar-refractivity contribution < 1.29 is 4.79 Å². The van der Waals surface area contributed by atoms with Crippen LogP contribution in [0.15, 0.2) is 24.3 Å². The van der Waals surface area contributed by atoms with Crippen LogP contribution in [0.5, 0.6) is 0 Å². The smallest absolute Gasteiger partial charge is 0.255 e. The summed E-state index contributed by atoms with van der Waals surface area (Å²) in [6.07, 6.45) is 0. The molecule has 0 saturated heterocycles. The number of hydrogen-bond donors (Lipinski definition) is 1. The van der Waals surface area contributed by atoms with E-state index in [0.29, 0.717) is 5.56 Å². The second-order valence-electron chi connectivity index (χ2n) is 5.37. The molecule has 0 aliphatic rings. The van der Waals surface area contributed by atoms with Gasteiger partial charge in [-0.15, -0.1) is 0 Å². The van der Waals surface area contributed by atoms with Crippen LogP contribution in [0.3, 0.4) is 0 Å². The Bertz CT molecular complexity index is 641. The molecule has 0 atom stereocenters. The first-order chi connectivity index (χ1) is 9.41. The molecule has 106 valence electrons. The topological polar surface area (TPSA) is 46.9 Å². The number of aromatic nitrogens is 2. The Morgan fingerprint density at radius 2 is 1.85 bits per heavy atom. The molecule has 4 nitrogen and oxygen atoms in total. The molecule has 2 rings (SSSR count). The van der Waals surface area contributed by atoms with Gasteiger partial charge in [-0.25, -0.2) is 4.68 Å². The van der Waals surface area contributed by atoms with Gasteiger partial charge in [0.2, 0.25) is 0 Å². The van der Waals surface area contributed by atoms with E-state index < -0.39 is 0 Å². The number of carbonyl (C=O) groups excluding carboxylic acids is 1. The summed E-state index contributed by atoms with van der Waals surface area (Å²) in [7, 11) is 0. The zero-order valence-electron chi connectivity index (χ0n) is 12.7. The van der Waals surface area contributed by atoms with Crippen LogP contribution in [0.1, 0.15) is 41.2 Å². The van der Waals surface area contributed by atoms with E-state index >= 15 is 0 Å². The van der Waals surface area contributed by atoms with E-state index in [9.17, 15) is 4.79 Å². The fraction of sp³-hybridized carbons (Fsp3) is 0.375. The number of carbonyl (C=O) groups is 1. The standard InChI is InChI=1S/C16H21N3O/c1-10(2)17-16(20)15-12(4)18-19(13(15)5)14-9-7-6-8-11(14)3/h6-10H,1-5H3,(H,17,20). The van der Waals surface area contributed by atoms with Crippen LogP contribution in [0, 0.1) is 20.8 Å². The molecule has 0 aliphatic carbocycles. The summed E-state index contributed by atoms with van der Waals surface area (Å²) in [5.74, 6) is -0.0603. The van der Waals surface area contributed by atoms with Crippen LogP contribution >= 0.6 is 0 Å². The fourth-order valence-electron chi connectivity index (χ4n) is 2.34. The highest BCUT2D eigenvalue weighted by molar-refractivity contribution is 5.96. The Morgan fingerprint density at radius 1 is 1.20 bits per heavy atom. The molecule has 1 heterocycles. The van der Waals surface area contributed by atoms with Gasteiger partial charge >= 0.3 is 0 Å². The molecule has 0 fully saturated rings. The highest BCUT2D eigenvalue weighted by atomic mass is 16.1. The van der Waals surface area contributed by atoms with Gasteiger partial charge in [-0.1, -0.05) is 18.2 Å². The first kappa shape index (κ1) is 14.3. The van der Waals surface area contributed by atoms with Crippen LogP contribution in [0.2, 0.25) is 0 Å². The third-order valence-corrected chi connectivity index (χ3v) is 3.28. The molecular formula is C16H21N3O. The van der Waals surface area contributed by atoms with E-state index in [4.69, 9.17) is 0 Å². The molecule has 2 aromatic rings. The minimum absolute atomic E-state index is 0.0603. The summed E-state index contributed by atoms with van der Waals surface area (Å²) in [5.41, 5.74) is 4.44. The van der Waals surface area contributed by atoms with Crippen molar-refractivity contribution in [1.82, 2.24) is 15.1 Å². The number of nitrogens with one attached hydrogen (secondary N) is 1. The van der Waals surface area contributed by atoms with Gasteiger partial charge in [-0.05, 0) is 46.2 Å². The van der Waals surface area contributed by atoms with Gasteiger partial charge in [0.05, 0.1) is 22.6 Å². The van der Waals surface area contributed by atoms with Crippen LogP contribution < -0.4 is 5.32 Å². The lowest BCUT2D eigenvalue weighted by Crippen LogP contribution is -2.30. The third-order valence-electron chi connectivity index (χ3n) is 3.28. The van der Waals surface area contributed by atoms with Crippen molar-refractivity contribution in [2.24, 2.45) is 0 Å². The molecule has 20 heavy (non-hydrogen) atoms. The molecule has 1 aromatic heterocycles. The molecule has 4 heteroatoms. The number of amides is 1. The minimum Gasteiger partial charge on any atom is -0.350 e. The maximum Gasteiger partial charge on any atom is 0.255 e. The Morgan fingerprint density at radius 3 is 2.45 bits per heavy atom. The molecule has 0 spiro atoms. The van der Waals surface area contributed by atoms with Crippen molar-refractivity contribution in [3.05, 3.63) is 46.8 Å². The van der Waals surface area contributed by atoms with Crippen molar-refractivity contribution in [3.63, 3.8) is 0 Å². The van der Waals surface area contributed by atoms with Gasteiger partial charge in [-0.2, -0.15) is 5.10 Å².